The van der Waals surface area contributed by atoms with E-state index in [1.165, 1.54) is 24.0 Å². The number of nitrogens with zero attached hydrogens (tertiary/aromatic N) is 2. The summed E-state index contributed by atoms with van der Waals surface area (Å²) in [4.78, 5) is 17.0. The normalized spacial score (nSPS) is 20.5. The summed E-state index contributed by atoms with van der Waals surface area (Å²) < 4.78 is 0. The van der Waals surface area contributed by atoms with Gasteiger partial charge in [-0.15, -0.1) is 0 Å². The van der Waals surface area contributed by atoms with Crippen LogP contribution in [-0.4, -0.2) is 41.9 Å². The lowest BCUT2D eigenvalue weighted by atomic mass is 9.95. The fourth-order valence-corrected chi connectivity index (χ4v) is 3.67. The van der Waals surface area contributed by atoms with E-state index in [2.05, 4.69) is 41.0 Å². The number of amides is 1. The molecule has 120 valence electrons. The van der Waals surface area contributed by atoms with Crippen molar-refractivity contribution in [2.45, 2.75) is 45.6 Å². The minimum Gasteiger partial charge on any atom is -0.342 e. The van der Waals surface area contributed by atoms with Crippen molar-refractivity contribution in [2.24, 2.45) is 5.92 Å². The van der Waals surface area contributed by atoms with Gasteiger partial charge in [0.25, 0.3) is 0 Å². The molecule has 1 amide bonds. The van der Waals surface area contributed by atoms with Crippen LogP contribution in [0.3, 0.4) is 0 Å². The van der Waals surface area contributed by atoms with E-state index in [4.69, 9.17) is 0 Å². The monoisotopic (exact) mass is 300 g/mol. The molecule has 3 heteroatoms. The van der Waals surface area contributed by atoms with E-state index < -0.39 is 0 Å². The average molecular weight is 300 g/mol. The summed E-state index contributed by atoms with van der Waals surface area (Å²) in [5, 5.41) is 0. The summed E-state index contributed by atoms with van der Waals surface area (Å²) in [7, 11) is 0. The van der Waals surface area contributed by atoms with E-state index in [1.54, 1.807) is 0 Å². The fourth-order valence-electron chi connectivity index (χ4n) is 3.67. The molecule has 0 bridgehead atoms. The molecule has 0 N–H and O–H groups in total. The number of hydrogen-bond acceptors (Lipinski definition) is 2. The van der Waals surface area contributed by atoms with Gasteiger partial charge in [-0.05, 0) is 56.3 Å². The first-order chi connectivity index (χ1) is 10.8. The second kappa shape index (κ2) is 7.28. The lowest BCUT2D eigenvalue weighted by Crippen LogP contribution is -2.41. The number of carbonyl (C=O) groups excluding carboxylic acids is 1. The molecular weight excluding hydrogens is 272 g/mol. The van der Waals surface area contributed by atoms with E-state index in [0.29, 0.717) is 5.91 Å². The van der Waals surface area contributed by atoms with E-state index in [0.717, 1.165) is 52.0 Å². The zero-order valence-corrected chi connectivity index (χ0v) is 13.8. The number of carbonyl (C=O) groups is 1. The second-order valence-corrected chi connectivity index (χ2v) is 6.75. The zero-order valence-electron chi connectivity index (χ0n) is 13.8. The Morgan fingerprint density at radius 2 is 1.59 bits per heavy atom. The molecule has 0 spiro atoms. The van der Waals surface area contributed by atoms with Gasteiger partial charge in [0, 0.05) is 25.6 Å². The maximum atomic E-state index is 12.4. The van der Waals surface area contributed by atoms with Crippen molar-refractivity contribution in [3.8, 4) is 0 Å². The molecule has 1 aromatic rings. The van der Waals surface area contributed by atoms with Gasteiger partial charge >= 0.3 is 0 Å². The molecule has 0 unspecified atom stereocenters. The summed E-state index contributed by atoms with van der Waals surface area (Å²) in [6.07, 6.45) is 5.55. The highest BCUT2D eigenvalue weighted by Crippen LogP contribution is 2.23. The van der Waals surface area contributed by atoms with Gasteiger partial charge in [-0.2, -0.15) is 0 Å². The second-order valence-electron chi connectivity index (χ2n) is 6.75. The van der Waals surface area contributed by atoms with Crippen molar-refractivity contribution in [2.75, 3.05) is 26.2 Å². The molecule has 0 saturated carbocycles. The number of hydrogen-bond donors (Lipinski definition) is 0. The third-order valence-corrected chi connectivity index (χ3v) is 5.19. The number of benzene rings is 1. The molecule has 2 heterocycles. The number of rotatable bonds is 4. The van der Waals surface area contributed by atoms with Crippen LogP contribution in [0.4, 0.5) is 0 Å². The third-order valence-electron chi connectivity index (χ3n) is 5.19. The summed E-state index contributed by atoms with van der Waals surface area (Å²) in [5.41, 5.74) is 2.79. The molecule has 2 fully saturated rings. The maximum Gasteiger partial charge on any atom is 0.225 e. The van der Waals surface area contributed by atoms with E-state index in [-0.39, 0.29) is 5.92 Å². The molecule has 2 aliphatic rings. The predicted octanol–water partition coefficient (Wildman–Crippen LogP) is 3.08. The van der Waals surface area contributed by atoms with Crippen molar-refractivity contribution in [3.63, 3.8) is 0 Å². The molecule has 2 aliphatic heterocycles. The van der Waals surface area contributed by atoms with Crippen molar-refractivity contribution in [1.82, 2.24) is 9.80 Å². The Balaban J connectivity index is 1.47. The molecule has 2 saturated heterocycles. The van der Waals surface area contributed by atoms with Crippen LogP contribution in [-0.2, 0) is 17.8 Å². The van der Waals surface area contributed by atoms with Gasteiger partial charge in [0.2, 0.25) is 5.91 Å². The van der Waals surface area contributed by atoms with E-state index in [9.17, 15) is 4.79 Å². The van der Waals surface area contributed by atoms with Gasteiger partial charge < -0.3 is 4.90 Å². The average Bonchev–Trinajstić information content (AvgIpc) is 3.10. The minimum atomic E-state index is 0.275. The van der Waals surface area contributed by atoms with Gasteiger partial charge in [-0.3, -0.25) is 9.69 Å². The number of likely N-dealkylation sites (tertiary alicyclic amines) is 2. The van der Waals surface area contributed by atoms with Crippen molar-refractivity contribution in [1.29, 1.82) is 0 Å². The van der Waals surface area contributed by atoms with Gasteiger partial charge in [0.1, 0.15) is 0 Å². The highest BCUT2D eigenvalue weighted by molar-refractivity contribution is 5.79. The molecule has 0 radical (unpaired) electrons. The van der Waals surface area contributed by atoms with Crippen LogP contribution >= 0.6 is 0 Å². The third kappa shape index (κ3) is 3.70. The minimum absolute atomic E-state index is 0.275. The molecule has 1 aromatic carbocycles. The summed E-state index contributed by atoms with van der Waals surface area (Å²) in [6, 6.07) is 8.97. The van der Waals surface area contributed by atoms with Crippen LogP contribution in [0.5, 0.6) is 0 Å². The van der Waals surface area contributed by atoms with Crippen molar-refractivity contribution < 1.29 is 4.79 Å². The van der Waals surface area contributed by atoms with Gasteiger partial charge in [0.15, 0.2) is 0 Å². The van der Waals surface area contributed by atoms with Crippen LogP contribution in [0.2, 0.25) is 0 Å². The highest BCUT2D eigenvalue weighted by atomic mass is 16.2. The van der Waals surface area contributed by atoms with Gasteiger partial charge in [-0.25, -0.2) is 0 Å². The Bertz CT molecular complexity index is 483. The Morgan fingerprint density at radius 3 is 2.18 bits per heavy atom. The van der Waals surface area contributed by atoms with Crippen LogP contribution in [0.25, 0.3) is 0 Å². The lowest BCUT2D eigenvalue weighted by molar-refractivity contribution is -0.136. The predicted molar refractivity (Wildman–Crippen MR) is 89.6 cm³/mol. The quantitative estimate of drug-likeness (QED) is 0.853. The molecule has 22 heavy (non-hydrogen) atoms. The fraction of sp³-hybridized carbons (Fsp3) is 0.632. The SMILES string of the molecule is CCc1ccc(CN2CCC(C(=O)N3CCCC3)CC2)cc1. The summed E-state index contributed by atoms with van der Waals surface area (Å²) in [6.45, 7) is 7.30. The smallest absolute Gasteiger partial charge is 0.225 e. The molecule has 3 rings (SSSR count). The molecule has 0 aliphatic carbocycles. The maximum absolute atomic E-state index is 12.4. The zero-order chi connectivity index (χ0) is 15.4. The lowest BCUT2D eigenvalue weighted by Gasteiger charge is -2.33. The first-order valence-electron chi connectivity index (χ1n) is 8.85. The Hall–Kier alpha value is -1.35. The van der Waals surface area contributed by atoms with Gasteiger partial charge in [-0.1, -0.05) is 31.2 Å². The molecule has 3 nitrogen and oxygen atoms in total. The van der Waals surface area contributed by atoms with Crippen molar-refractivity contribution >= 4 is 5.91 Å². The molecular formula is C19H28N2O. The standard InChI is InChI=1S/C19H28N2O/c1-2-16-5-7-17(8-6-16)15-20-13-9-18(10-14-20)19(22)21-11-3-4-12-21/h5-8,18H,2-4,9-15H2,1H3. The number of aryl methyl sites for hydroxylation is 1. The highest BCUT2D eigenvalue weighted by Gasteiger charge is 2.29. The Labute approximate surface area is 134 Å². The van der Waals surface area contributed by atoms with Crippen LogP contribution < -0.4 is 0 Å². The summed E-state index contributed by atoms with van der Waals surface area (Å²) >= 11 is 0. The van der Waals surface area contributed by atoms with Crippen LogP contribution in [0.1, 0.15) is 43.7 Å². The number of piperidine rings is 1. The van der Waals surface area contributed by atoms with Gasteiger partial charge in [0.05, 0.1) is 0 Å². The topological polar surface area (TPSA) is 23.6 Å². The first kappa shape index (κ1) is 15.5. The van der Waals surface area contributed by atoms with Crippen LogP contribution in [0, 0.1) is 5.92 Å². The largest absolute Gasteiger partial charge is 0.342 e. The molecule has 0 atom stereocenters. The Morgan fingerprint density at radius 1 is 1.00 bits per heavy atom. The van der Waals surface area contributed by atoms with Crippen LogP contribution in [0.15, 0.2) is 24.3 Å². The Kier molecular flexibility index (Phi) is 5.14. The van der Waals surface area contributed by atoms with E-state index >= 15 is 0 Å². The first-order valence-corrected chi connectivity index (χ1v) is 8.85. The summed E-state index contributed by atoms with van der Waals surface area (Å²) in [5.74, 6) is 0.696. The van der Waals surface area contributed by atoms with Crippen molar-refractivity contribution in [3.05, 3.63) is 35.4 Å². The molecule has 0 aromatic heterocycles. The van der Waals surface area contributed by atoms with E-state index in [1.807, 2.05) is 0 Å².